The van der Waals surface area contributed by atoms with E-state index < -0.39 is 5.97 Å². The Morgan fingerprint density at radius 2 is 2.24 bits per heavy atom. The van der Waals surface area contributed by atoms with Crippen LogP contribution >= 0.6 is 15.9 Å². The maximum atomic E-state index is 10.7. The van der Waals surface area contributed by atoms with Crippen LogP contribution in [0.1, 0.15) is 10.5 Å². The first-order chi connectivity index (χ1) is 8.11. The number of ether oxygens (including phenoxy) is 1. The molecule has 17 heavy (non-hydrogen) atoms. The molecule has 0 aliphatic rings. The minimum atomic E-state index is -1.12. The first-order valence-electron chi connectivity index (χ1n) is 4.65. The number of hydrogen-bond acceptors (Lipinski definition) is 4. The van der Waals surface area contributed by atoms with Crippen LogP contribution in [0.25, 0.3) is 11.3 Å². The summed E-state index contributed by atoms with van der Waals surface area (Å²) < 4.78 is 10.8. The number of carboxylic acid groups (broad SMARTS) is 1. The topological polar surface area (TPSA) is 72.6 Å². The molecule has 0 bridgehead atoms. The number of hydrogen-bond donors (Lipinski definition) is 1. The molecule has 0 saturated carbocycles. The second-order valence-corrected chi connectivity index (χ2v) is 4.08. The summed E-state index contributed by atoms with van der Waals surface area (Å²) in [6, 6.07) is 6.64. The van der Waals surface area contributed by atoms with Gasteiger partial charge in [-0.3, -0.25) is 0 Å². The Kier molecular flexibility index (Phi) is 3.14. The van der Waals surface area contributed by atoms with E-state index in [1.165, 1.54) is 6.07 Å². The van der Waals surface area contributed by atoms with Crippen molar-refractivity contribution in [1.29, 1.82) is 0 Å². The van der Waals surface area contributed by atoms with Gasteiger partial charge >= 0.3 is 5.97 Å². The van der Waals surface area contributed by atoms with E-state index in [4.69, 9.17) is 14.4 Å². The Morgan fingerprint density at radius 1 is 1.47 bits per heavy atom. The molecule has 0 aliphatic carbocycles. The van der Waals surface area contributed by atoms with Gasteiger partial charge in [0.1, 0.15) is 5.75 Å². The van der Waals surface area contributed by atoms with Crippen LogP contribution in [0.5, 0.6) is 5.75 Å². The zero-order valence-corrected chi connectivity index (χ0v) is 10.4. The molecule has 0 radical (unpaired) electrons. The van der Waals surface area contributed by atoms with Gasteiger partial charge in [-0.05, 0) is 34.1 Å². The van der Waals surface area contributed by atoms with E-state index in [2.05, 4.69) is 21.1 Å². The highest BCUT2D eigenvalue weighted by atomic mass is 79.9. The summed E-state index contributed by atoms with van der Waals surface area (Å²) in [6.07, 6.45) is 0. The molecule has 0 atom stereocenters. The highest BCUT2D eigenvalue weighted by Crippen LogP contribution is 2.31. The quantitative estimate of drug-likeness (QED) is 0.943. The Hall–Kier alpha value is -1.82. The molecule has 0 aliphatic heterocycles. The highest BCUT2D eigenvalue weighted by molar-refractivity contribution is 9.10. The Bertz CT molecular complexity index is 564. The summed E-state index contributed by atoms with van der Waals surface area (Å²) >= 11 is 3.36. The largest absolute Gasteiger partial charge is 0.497 e. The molecule has 5 nitrogen and oxygen atoms in total. The fourth-order valence-electron chi connectivity index (χ4n) is 1.33. The van der Waals surface area contributed by atoms with Gasteiger partial charge in [-0.25, -0.2) is 4.79 Å². The molecule has 0 spiro atoms. The van der Waals surface area contributed by atoms with E-state index in [9.17, 15) is 4.79 Å². The number of methoxy groups -OCH3 is 1. The molecular formula is C11H8BrNO4. The zero-order chi connectivity index (χ0) is 12.4. The molecule has 0 amide bonds. The standard InChI is InChI=1S/C11H8BrNO4/c1-16-6-2-3-7(8(12)4-6)10-5-9(11(14)15)13-17-10/h2-5H,1H3,(H,14,15). The first-order valence-corrected chi connectivity index (χ1v) is 5.45. The van der Waals surface area contributed by atoms with Crippen LogP contribution in [0.15, 0.2) is 33.3 Å². The Balaban J connectivity index is 2.42. The summed E-state index contributed by atoms with van der Waals surface area (Å²) in [5, 5.41) is 12.2. The van der Waals surface area contributed by atoms with Crippen molar-refractivity contribution in [2.45, 2.75) is 0 Å². The molecule has 88 valence electrons. The van der Waals surface area contributed by atoms with E-state index in [1.807, 2.05) is 0 Å². The van der Waals surface area contributed by atoms with Crippen LogP contribution in [0.3, 0.4) is 0 Å². The van der Waals surface area contributed by atoms with Gasteiger partial charge in [-0.15, -0.1) is 0 Å². The molecule has 1 aromatic carbocycles. The summed E-state index contributed by atoms with van der Waals surface area (Å²) in [6.45, 7) is 0. The average Bonchev–Trinajstić information content (AvgIpc) is 2.78. The van der Waals surface area contributed by atoms with Gasteiger partial charge in [0.15, 0.2) is 11.5 Å². The van der Waals surface area contributed by atoms with Gasteiger partial charge in [0.2, 0.25) is 0 Å². The zero-order valence-electron chi connectivity index (χ0n) is 8.81. The summed E-state index contributed by atoms with van der Waals surface area (Å²) in [7, 11) is 1.57. The average molecular weight is 298 g/mol. The second kappa shape index (κ2) is 4.58. The molecule has 1 N–H and O–H groups in total. The third kappa shape index (κ3) is 2.31. The summed E-state index contributed by atoms with van der Waals surface area (Å²) in [5.41, 5.74) is 0.591. The van der Waals surface area contributed by atoms with Crippen molar-refractivity contribution in [2.75, 3.05) is 7.11 Å². The van der Waals surface area contributed by atoms with Gasteiger partial charge < -0.3 is 14.4 Å². The molecule has 0 saturated heterocycles. The Labute approximate surface area is 105 Å². The summed E-state index contributed by atoms with van der Waals surface area (Å²) in [5.74, 6) is -0.0415. The maximum absolute atomic E-state index is 10.7. The number of carboxylic acids is 1. The van der Waals surface area contributed by atoms with Crippen LogP contribution in [0.4, 0.5) is 0 Å². The van der Waals surface area contributed by atoms with Gasteiger partial charge in [0.25, 0.3) is 0 Å². The molecule has 1 aromatic heterocycles. The van der Waals surface area contributed by atoms with Crippen molar-refractivity contribution in [2.24, 2.45) is 0 Å². The van der Waals surface area contributed by atoms with E-state index in [0.717, 1.165) is 4.47 Å². The van der Waals surface area contributed by atoms with Crippen LogP contribution in [0.2, 0.25) is 0 Å². The lowest BCUT2D eigenvalue weighted by atomic mass is 10.1. The van der Waals surface area contributed by atoms with Crippen LogP contribution in [0, 0.1) is 0 Å². The van der Waals surface area contributed by atoms with Crippen molar-refractivity contribution in [1.82, 2.24) is 5.16 Å². The maximum Gasteiger partial charge on any atom is 0.358 e. The van der Waals surface area contributed by atoms with Crippen LogP contribution < -0.4 is 4.74 Å². The smallest absolute Gasteiger partial charge is 0.358 e. The number of aromatic carboxylic acids is 1. The number of benzene rings is 1. The normalized spacial score (nSPS) is 10.2. The van der Waals surface area contributed by atoms with Crippen molar-refractivity contribution in [3.8, 4) is 17.1 Å². The lowest BCUT2D eigenvalue weighted by Gasteiger charge is -2.03. The van der Waals surface area contributed by atoms with E-state index in [-0.39, 0.29) is 5.69 Å². The third-order valence-corrected chi connectivity index (χ3v) is 2.83. The fourth-order valence-corrected chi connectivity index (χ4v) is 1.88. The van der Waals surface area contributed by atoms with E-state index in [1.54, 1.807) is 25.3 Å². The third-order valence-electron chi connectivity index (χ3n) is 2.17. The molecule has 0 fully saturated rings. The predicted octanol–water partition coefficient (Wildman–Crippen LogP) is 2.81. The molecule has 1 heterocycles. The molecule has 2 aromatic rings. The number of halogens is 1. The minimum Gasteiger partial charge on any atom is -0.497 e. The molecule has 2 rings (SSSR count). The van der Waals surface area contributed by atoms with Gasteiger partial charge in [0, 0.05) is 16.1 Å². The van der Waals surface area contributed by atoms with Crippen molar-refractivity contribution in [3.05, 3.63) is 34.4 Å². The molecule has 0 unspecified atom stereocenters. The van der Waals surface area contributed by atoms with Gasteiger partial charge in [0.05, 0.1) is 7.11 Å². The lowest BCUT2D eigenvalue weighted by Crippen LogP contribution is -1.94. The van der Waals surface area contributed by atoms with Gasteiger partial charge in [-0.1, -0.05) is 5.16 Å². The highest BCUT2D eigenvalue weighted by Gasteiger charge is 2.14. The number of rotatable bonds is 3. The lowest BCUT2D eigenvalue weighted by molar-refractivity contribution is 0.0686. The fraction of sp³-hybridized carbons (Fsp3) is 0.0909. The van der Waals surface area contributed by atoms with E-state index >= 15 is 0 Å². The van der Waals surface area contributed by atoms with Crippen molar-refractivity contribution >= 4 is 21.9 Å². The van der Waals surface area contributed by atoms with E-state index in [0.29, 0.717) is 17.1 Å². The SMILES string of the molecule is COc1ccc(-c2cc(C(=O)O)no2)c(Br)c1. The second-order valence-electron chi connectivity index (χ2n) is 3.23. The van der Waals surface area contributed by atoms with Crippen LogP contribution in [-0.2, 0) is 0 Å². The molecule has 6 heteroatoms. The predicted molar refractivity (Wildman–Crippen MR) is 63.2 cm³/mol. The number of nitrogens with zero attached hydrogens (tertiary/aromatic N) is 1. The summed E-state index contributed by atoms with van der Waals surface area (Å²) in [4.78, 5) is 10.7. The Morgan fingerprint density at radius 3 is 2.76 bits per heavy atom. The number of carbonyl (C=O) groups is 1. The van der Waals surface area contributed by atoms with Gasteiger partial charge in [-0.2, -0.15) is 0 Å². The van der Waals surface area contributed by atoms with Crippen molar-refractivity contribution in [3.63, 3.8) is 0 Å². The molecular weight excluding hydrogens is 290 g/mol. The minimum absolute atomic E-state index is 0.122. The first kappa shape index (κ1) is 11.7. The number of aromatic nitrogens is 1. The van der Waals surface area contributed by atoms with Crippen LogP contribution in [-0.4, -0.2) is 23.3 Å². The monoisotopic (exact) mass is 297 g/mol. The van der Waals surface area contributed by atoms with Crippen molar-refractivity contribution < 1.29 is 19.2 Å².